The van der Waals surface area contributed by atoms with Crippen LogP contribution < -0.4 is 4.72 Å². The lowest BCUT2D eigenvalue weighted by molar-refractivity contribution is 0.0601. The van der Waals surface area contributed by atoms with E-state index < -0.39 is 16.0 Å². The molecule has 128 valence electrons. The van der Waals surface area contributed by atoms with Gasteiger partial charge in [0.15, 0.2) is 0 Å². The van der Waals surface area contributed by atoms with Gasteiger partial charge in [-0.3, -0.25) is 4.72 Å². The molecule has 2 rings (SSSR count). The Hall–Kier alpha value is -2.05. The zero-order valence-electron chi connectivity index (χ0n) is 13.2. The standard InChI is InChI=1S/C17H18ClNO4S/c1-23-17(20)14-9-10-15(18)16(12-14)19-24(21,22)11-5-8-13-6-3-2-4-7-13/h2-4,6-7,9-10,12,19H,5,8,11H2,1H3. The number of hydrogen-bond acceptors (Lipinski definition) is 4. The molecule has 0 aromatic heterocycles. The average Bonchev–Trinajstić information content (AvgIpc) is 2.56. The molecule has 1 N–H and O–H groups in total. The van der Waals surface area contributed by atoms with Gasteiger partial charge in [0.05, 0.1) is 29.1 Å². The average molecular weight is 368 g/mol. The Bertz CT molecular complexity index is 807. The van der Waals surface area contributed by atoms with E-state index in [2.05, 4.69) is 9.46 Å². The maximum absolute atomic E-state index is 12.2. The van der Waals surface area contributed by atoms with Gasteiger partial charge in [-0.1, -0.05) is 41.9 Å². The number of halogens is 1. The van der Waals surface area contributed by atoms with Gasteiger partial charge in [-0.05, 0) is 36.6 Å². The maximum atomic E-state index is 12.2. The Morgan fingerprint density at radius 1 is 1.17 bits per heavy atom. The van der Waals surface area contributed by atoms with E-state index in [1.807, 2.05) is 30.3 Å². The molecule has 0 amide bonds. The summed E-state index contributed by atoms with van der Waals surface area (Å²) in [5.74, 6) is -0.600. The molecule has 2 aromatic rings. The number of hydrogen-bond donors (Lipinski definition) is 1. The van der Waals surface area contributed by atoms with Crippen LogP contribution in [0, 0.1) is 0 Å². The molecule has 2 aromatic carbocycles. The van der Waals surface area contributed by atoms with Gasteiger partial charge in [0.25, 0.3) is 0 Å². The van der Waals surface area contributed by atoms with Crippen LogP contribution in [0.25, 0.3) is 0 Å². The second-order valence-corrected chi connectivity index (χ2v) is 7.45. The third kappa shape index (κ3) is 5.25. The van der Waals surface area contributed by atoms with Gasteiger partial charge in [0.1, 0.15) is 0 Å². The van der Waals surface area contributed by atoms with Crippen LogP contribution in [0.2, 0.25) is 5.02 Å². The van der Waals surface area contributed by atoms with E-state index >= 15 is 0 Å². The number of benzene rings is 2. The monoisotopic (exact) mass is 367 g/mol. The molecule has 0 atom stereocenters. The van der Waals surface area contributed by atoms with Crippen LogP contribution in [0.3, 0.4) is 0 Å². The minimum Gasteiger partial charge on any atom is -0.465 e. The normalized spacial score (nSPS) is 11.1. The van der Waals surface area contributed by atoms with Crippen molar-refractivity contribution < 1.29 is 17.9 Å². The van der Waals surface area contributed by atoms with Crippen LogP contribution in [0.1, 0.15) is 22.3 Å². The highest BCUT2D eigenvalue weighted by Gasteiger charge is 2.15. The van der Waals surface area contributed by atoms with Gasteiger partial charge in [-0.25, -0.2) is 13.2 Å². The van der Waals surface area contributed by atoms with Crippen LogP contribution in [0.5, 0.6) is 0 Å². The van der Waals surface area contributed by atoms with Crippen molar-refractivity contribution in [3.8, 4) is 0 Å². The maximum Gasteiger partial charge on any atom is 0.337 e. The molecule has 0 spiro atoms. The van der Waals surface area contributed by atoms with E-state index in [0.29, 0.717) is 12.8 Å². The number of ether oxygens (including phenoxy) is 1. The summed E-state index contributed by atoms with van der Waals surface area (Å²) in [5.41, 5.74) is 1.47. The summed E-state index contributed by atoms with van der Waals surface area (Å²) < 4.78 is 31.5. The molecule has 0 radical (unpaired) electrons. The molecule has 0 saturated carbocycles. The second-order valence-electron chi connectivity index (χ2n) is 5.20. The summed E-state index contributed by atoms with van der Waals surface area (Å²) in [5, 5.41) is 0.217. The van der Waals surface area contributed by atoms with Crippen LogP contribution in [-0.2, 0) is 21.2 Å². The van der Waals surface area contributed by atoms with Crippen molar-refractivity contribution in [3.05, 3.63) is 64.7 Å². The summed E-state index contributed by atoms with van der Waals surface area (Å²) in [4.78, 5) is 11.5. The van der Waals surface area contributed by atoms with E-state index in [9.17, 15) is 13.2 Å². The number of rotatable bonds is 7. The molecule has 7 heteroatoms. The smallest absolute Gasteiger partial charge is 0.337 e. The van der Waals surface area contributed by atoms with Crippen molar-refractivity contribution in [1.29, 1.82) is 0 Å². The number of nitrogens with one attached hydrogen (secondary N) is 1. The molecule has 5 nitrogen and oxygen atoms in total. The summed E-state index contributed by atoms with van der Waals surface area (Å²) in [6.07, 6.45) is 1.14. The van der Waals surface area contributed by atoms with Crippen molar-refractivity contribution in [2.75, 3.05) is 17.6 Å². The fourth-order valence-electron chi connectivity index (χ4n) is 2.18. The molecule has 0 fully saturated rings. The Morgan fingerprint density at radius 3 is 2.54 bits per heavy atom. The van der Waals surface area contributed by atoms with E-state index in [1.54, 1.807) is 0 Å². The molecular weight excluding hydrogens is 350 g/mol. The van der Waals surface area contributed by atoms with E-state index in [0.717, 1.165) is 5.56 Å². The number of aryl methyl sites for hydroxylation is 1. The zero-order valence-corrected chi connectivity index (χ0v) is 14.7. The van der Waals surface area contributed by atoms with Crippen LogP contribution in [-0.4, -0.2) is 27.2 Å². The summed E-state index contributed by atoms with van der Waals surface area (Å²) in [7, 11) is -2.31. The molecule has 0 heterocycles. The van der Waals surface area contributed by atoms with Crippen LogP contribution in [0.4, 0.5) is 5.69 Å². The molecule has 0 aliphatic rings. The van der Waals surface area contributed by atoms with Gasteiger partial charge in [0.2, 0.25) is 10.0 Å². The lowest BCUT2D eigenvalue weighted by Gasteiger charge is -2.11. The Morgan fingerprint density at radius 2 is 1.88 bits per heavy atom. The van der Waals surface area contributed by atoms with E-state index in [4.69, 9.17) is 11.6 Å². The van der Waals surface area contributed by atoms with E-state index in [-0.39, 0.29) is 22.0 Å². The minimum atomic E-state index is -3.56. The zero-order chi connectivity index (χ0) is 17.6. The van der Waals surface area contributed by atoms with Gasteiger partial charge in [0, 0.05) is 0 Å². The Balaban J connectivity index is 2.02. The predicted octanol–water partition coefficient (Wildman–Crippen LogP) is 3.50. The van der Waals surface area contributed by atoms with Crippen molar-refractivity contribution in [2.45, 2.75) is 12.8 Å². The molecular formula is C17H18ClNO4S. The van der Waals surface area contributed by atoms with Gasteiger partial charge >= 0.3 is 5.97 Å². The van der Waals surface area contributed by atoms with Gasteiger partial charge < -0.3 is 4.74 Å². The number of methoxy groups -OCH3 is 1. The highest BCUT2D eigenvalue weighted by Crippen LogP contribution is 2.24. The first kappa shape index (κ1) is 18.3. The molecule has 0 saturated heterocycles. The molecule has 0 bridgehead atoms. The number of sulfonamides is 1. The highest BCUT2D eigenvalue weighted by atomic mass is 35.5. The van der Waals surface area contributed by atoms with Gasteiger partial charge in [-0.2, -0.15) is 0 Å². The Labute approximate surface area is 146 Å². The molecule has 0 aliphatic heterocycles. The second kappa shape index (κ2) is 8.17. The van der Waals surface area contributed by atoms with E-state index in [1.165, 1.54) is 25.3 Å². The molecule has 0 aliphatic carbocycles. The Kier molecular flexibility index (Phi) is 6.23. The number of anilines is 1. The molecule has 0 unspecified atom stereocenters. The number of carbonyl (C=O) groups excluding carboxylic acids is 1. The SMILES string of the molecule is COC(=O)c1ccc(Cl)c(NS(=O)(=O)CCCc2ccccc2)c1. The third-order valence-electron chi connectivity index (χ3n) is 3.37. The summed E-state index contributed by atoms with van der Waals surface area (Å²) >= 11 is 6.00. The highest BCUT2D eigenvalue weighted by molar-refractivity contribution is 7.92. The van der Waals surface area contributed by atoms with Crippen molar-refractivity contribution in [1.82, 2.24) is 0 Å². The van der Waals surface area contributed by atoms with Crippen molar-refractivity contribution in [3.63, 3.8) is 0 Å². The summed E-state index contributed by atoms with van der Waals surface area (Å²) in [6.45, 7) is 0. The first-order chi connectivity index (χ1) is 11.4. The molecule has 24 heavy (non-hydrogen) atoms. The number of esters is 1. The quantitative estimate of drug-likeness (QED) is 0.760. The van der Waals surface area contributed by atoms with Crippen LogP contribution in [0.15, 0.2) is 48.5 Å². The van der Waals surface area contributed by atoms with Crippen molar-refractivity contribution in [2.24, 2.45) is 0 Å². The predicted molar refractivity (Wildman–Crippen MR) is 95.0 cm³/mol. The van der Waals surface area contributed by atoms with Gasteiger partial charge in [-0.15, -0.1) is 0 Å². The van der Waals surface area contributed by atoms with Crippen molar-refractivity contribution >= 4 is 33.3 Å². The lowest BCUT2D eigenvalue weighted by atomic mass is 10.1. The fourth-order valence-corrected chi connectivity index (χ4v) is 3.53. The lowest BCUT2D eigenvalue weighted by Crippen LogP contribution is -2.18. The number of carbonyl (C=O) groups is 1. The first-order valence-corrected chi connectivity index (χ1v) is 9.36. The van der Waals surface area contributed by atoms with Crippen LogP contribution >= 0.6 is 11.6 Å². The fraction of sp³-hybridized carbons (Fsp3) is 0.235. The first-order valence-electron chi connectivity index (χ1n) is 7.33. The largest absolute Gasteiger partial charge is 0.465 e. The summed E-state index contributed by atoms with van der Waals surface area (Å²) in [6, 6.07) is 14.0. The third-order valence-corrected chi connectivity index (χ3v) is 5.06. The topological polar surface area (TPSA) is 72.5 Å². The minimum absolute atomic E-state index is 0.0410.